The minimum Gasteiger partial charge on any atom is -0.497 e. The topological polar surface area (TPSA) is 110 Å². The van der Waals surface area contributed by atoms with Crippen LogP contribution in [-0.2, 0) is 16.3 Å². The maximum absolute atomic E-state index is 14.4. The molecule has 0 unspecified atom stereocenters. The molecule has 0 bridgehead atoms. The molecule has 1 heterocycles. The summed E-state index contributed by atoms with van der Waals surface area (Å²) < 4.78 is 45.5. The number of anilines is 3. The van der Waals surface area contributed by atoms with Gasteiger partial charge in [0.15, 0.2) is 9.84 Å². The van der Waals surface area contributed by atoms with Crippen LogP contribution in [0, 0.1) is 5.82 Å². The van der Waals surface area contributed by atoms with Gasteiger partial charge in [-0.3, -0.25) is 4.79 Å². The fraction of sp³-hybridized carbons (Fsp3) is 0.179. The number of benzene rings is 3. The molecule has 0 atom stereocenters. The van der Waals surface area contributed by atoms with E-state index in [1.54, 1.807) is 56.5 Å². The van der Waals surface area contributed by atoms with Crippen LogP contribution in [0.15, 0.2) is 77.8 Å². The number of ether oxygens (including phenoxy) is 1. The number of carbonyl (C=O) groups is 1. The Balaban J connectivity index is 1.74. The molecule has 8 nitrogen and oxygen atoms in total. The molecule has 0 saturated heterocycles. The summed E-state index contributed by atoms with van der Waals surface area (Å²) >= 11 is 6.10. The molecule has 1 aromatic heterocycles. The molecule has 0 saturated carbocycles. The number of carbonyl (C=O) groups excluding carboxylic acids is 1. The predicted molar refractivity (Wildman–Crippen MR) is 149 cm³/mol. The third-order valence-corrected chi connectivity index (χ3v) is 8.13. The quantitative estimate of drug-likeness (QED) is 0.240. The molecule has 0 aliphatic carbocycles. The Hall–Kier alpha value is -4.02. The highest BCUT2D eigenvalue weighted by molar-refractivity contribution is 7.91. The van der Waals surface area contributed by atoms with Crippen molar-refractivity contribution in [3.8, 4) is 5.75 Å². The average Bonchev–Trinajstić information content (AvgIpc) is 2.91. The predicted octanol–water partition coefficient (Wildman–Crippen LogP) is 6.05. The van der Waals surface area contributed by atoms with Gasteiger partial charge >= 0.3 is 0 Å². The highest BCUT2D eigenvalue weighted by Crippen LogP contribution is 2.27. The number of rotatable bonds is 10. The molecule has 202 valence electrons. The number of methoxy groups -OCH3 is 1. The van der Waals surface area contributed by atoms with E-state index in [-0.39, 0.29) is 45.0 Å². The number of hydrogen-bond acceptors (Lipinski definition) is 7. The lowest BCUT2D eigenvalue weighted by atomic mass is 10.1. The van der Waals surface area contributed by atoms with Crippen molar-refractivity contribution in [1.29, 1.82) is 0 Å². The number of sulfone groups is 1. The maximum Gasteiger partial charge on any atom is 0.259 e. The van der Waals surface area contributed by atoms with Gasteiger partial charge in [0, 0.05) is 18.3 Å². The largest absolute Gasteiger partial charge is 0.497 e. The van der Waals surface area contributed by atoms with Crippen molar-refractivity contribution in [1.82, 2.24) is 9.97 Å². The van der Waals surface area contributed by atoms with Crippen LogP contribution in [0.5, 0.6) is 5.75 Å². The van der Waals surface area contributed by atoms with Crippen LogP contribution < -0.4 is 15.4 Å². The van der Waals surface area contributed by atoms with E-state index in [1.807, 2.05) is 0 Å². The summed E-state index contributed by atoms with van der Waals surface area (Å²) in [6.45, 7) is 1.79. The second-order valence-corrected chi connectivity index (χ2v) is 11.0. The minimum absolute atomic E-state index is 0.00663. The van der Waals surface area contributed by atoms with Crippen molar-refractivity contribution in [2.45, 2.75) is 24.7 Å². The summed E-state index contributed by atoms with van der Waals surface area (Å²) in [5, 5.41) is 5.59. The number of halogens is 2. The van der Waals surface area contributed by atoms with Crippen LogP contribution in [-0.4, -0.2) is 37.2 Å². The van der Waals surface area contributed by atoms with Gasteiger partial charge in [-0.15, -0.1) is 0 Å². The van der Waals surface area contributed by atoms with E-state index < -0.39 is 21.6 Å². The molecule has 3 aromatic carbocycles. The van der Waals surface area contributed by atoms with Crippen molar-refractivity contribution in [3.05, 3.63) is 101 Å². The summed E-state index contributed by atoms with van der Waals surface area (Å²) in [6.07, 6.45) is 1.77. The van der Waals surface area contributed by atoms with Crippen LogP contribution in [0.25, 0.3) is 0 Å². The molecule has 4 rings (SSSR count). The van der Waals surface area contributed by atoms with Crippen LogP contribution >= 0.6 is 11.6 Å². The van der Waals surface area contributed by atoms with Gasteiger partial charge in [-0.05, 0) is 54.4 Å². The second-order valence-electron chi connectivity index (χ2n) is 8.56. The van der Waals surface area contributed by atoms with Gasteiger partial charge in [-0.25, -0.2) is 22.8 Å². The van der Waals surface area contributed by atoms with E-state index in [9.17, 15) is 17.6 Å². The molecule has 11 heteroatoms. The zero-order chi connectivity index (χ0) is 28.0. The Bertz CT molecular complexity index is 1580. The average molecular weight is 569 g/mol. The smallest absolute Gasteiger partial charge is 0.259 e. The maximum atomic E-state index is 14.4. The number of para-hydroxylation sites is 1. The Morgan fingerprint density at radius 1 is 1.05 bits per heavy atom. The summed E-state index contributed by atoms with van der Waals surface area (Å²) in [5.74, 6) is -0.554. The SMILES string of the molecule is CCCS(=O)(=O)c1ccccc1Cc1nc(Nc2ccc(OC)cc2)ncc1C(=O)Nc1c(F)cccc1Cl. The van der Waals surface area contributed by atoms with Crippen molar-refractivity contribution < 1.29 is 22.3 Å². The first-order valence-electron chi connectivity index (χ1n) is 12.0. The molecular weight excluding hydrogens is 543 g/mol. The summed E-state index contributed by atoms with van der Waals surface area (Å²) in [5.41, 5.74) is 1.24. The fourth-order valence-corrected chi connectivity index (χ4v) is 5.71. The van der Waals surface area contributed by atoms with E-state index >= 15 is 0 Å². The van der Waals surface area contributed by atoms with Crippen LogP contribution in [0.4, 0.5) is 21.7 Å². The lowest BCUT2D eigenvalue weighted by Crippen LogP contribution is -2.18. The minimum atomic E-state index is -3.56. The number of nitrogens with zero attached hydrogens (tertiary/aromatic N) is 2. The lowest BCUT2D eigenvalue weighted by Gasteiger charge is -2.15. The monoisotopic (exact) mass is 568 g/mol. The van der Waals surface area contributed by atoms with Gasteiger partial charge in [0.25, 0.3) is 5.91 Å². The van der Waals surface area contributed by atoms with Gasteiger partial charge in [0.05, 0.1) is 39.7 Å². The number of nitrogens with one attached hydrogen (secondary N) is 2. The number of amides is 1. The van der Waals surface area contributed by atoms with Gasteiger partial charge < -0.3 is 15.4 Å². The second kappa shape index (κ2) is 12.2. The van der Waals surface area contributed by atoms with Crippen molar-refractivity contribution in [2.75, 3.05) is 23.5 Å². The molecule has 0 fully saturated rings. The standard InChI is InChI=1S/C28H26ClFN4O4S/c1-3-15-39(36,37)25-10-5-4-7-18(25)16-24-21(27(35)34-26-22(29)8-6-9-23(26)30)17-31-28(33-24)32-19-11-13-20(38-2)14-12-19/h4-14,17H,3,15-16H2,1-2H3,(H,34,35)(H,31,32,33). The molecule has 2 N–H and O–H groups in total. The van der Waals surface area contributed by atoms with Crippen molar-refractivity contribution in [2.24, 2.45) is 0 Å². The zero-order valence-electron chi connectivity index (χ0n) is 21.2. The first-order chi connectivity index (χ1) is 18.7. The van der Waals surface area contributed by atoms with Crippen molar-refractivity contribution >= 4 is 44.7 Å². The molecule has 1 amide bonds. The molecular formula is C28H26ClFN4O4S. The molecule has 0 spiro atoms. The lowest BCUT2D eigenvalue weighted by molar-refractivity contribution is 0.102. The van der Waals surface area contributed by atoms with E-state index in [0.717, 1.165) is 0 Å². The fourth-order valence-electron chi connectivity index (χ4n) is 3.92. The first kappa shape index (κ1) is 28.0. The van der Waals surface area contributed by atoms with E-state index in [1.165, 1.54) is 30.5 Å². The highest BCUT2D eigenvalue weighted by Gasteiger charge is 2.22. The molecule has 4 aromatic rings. The van der Waals surface area contributed by atoms with Gasteiger partial charge in [0.1, 0.15) is 11.6 Å². The third kappa shape index (κ3) is 6.71. The molecule has 0 aliphatic rings. The van der Waals surface area contributed by atoms with Crippen LogP contribution in [0.2, 0.25) is 5.02 Å². The van der Waals surface area contributed by atoms with Gasteiger partial charge in [-0.2, -0.15) is 0 Å². The summed E-state index contributed by atoms with van der Waals surface area (Å²) in [4.78, 5) is 22.3. The molecule has 0 radical (unpaired) electrons. The third-order valence-electron chi connectivity index (χ3n) is 5.80. The Morgan fingerprint density at radius 3 is 2.49 bits per heavy atom. The number of aromatic nitrogens is 2. The normalized spacial score (nSPS) is 11.2. The summed E-state index contributed by atoms with van der Waals surface area (Å²) in [7, 11) is -1.99. The first-order valence-corrected chi connectivity index (χ1v) is 14.1. The van der Waals surface area contributed by atoms with E-state index in [2.05, 4.69) is 20.6 Å². The van der Waals surface area contributed by atoms with Crippen molar-refractivity contribution in [3.63, 3.8) is 0 Å². The van der Waals surface area contributed by atoms with Crippen LogP contribution in [0.3, 0.4) is 0 Å². The summed E-state index contributed by atoms with van der Waals surface area (Å²) in [6, 6.07) is 17.7. The Morgan fingerprint density at radius 2 is 1.79 bits per heavy atom. The van der Waals surface area contributed by atoms with Gasteiger partial charge in [0.2, 0.25) is 5.95 Å². The Labute approximate surface area is 231 Å². The van der Waals surface area contributed by atoms with Gasteiger partial charge in [-0.1, -0.05) is 42.8 Å². The van der Waals surface area contributed by atoms with E-state index in [4.69, 9.17) is 16.3 Å². The highest BCUT2D eigenvalue weighted by atomic mass is 35.5. The number of hydrogen-bond donors (Lipinski definition) is 2. The molecule has 0 aliphatic heterocycles. The van der Waals surface area contributed by atoms with E-state index in [0.29, 0.717) is 23.4 Å². The zero-order valence-corrected chi connectivity index (χ0v) is 22.8. The molecule has 39 heavy (non-hydrogen) atoms. The van der Waals surface area contributed by atoms with Crippen LogP contribution in [0.1, 0.15) is 35.0 Å². The Kier molecular flexibility index (Phi) is 8.78.